The van der Waals surface area contributed by atoms with E-state index >= 15 is 0 Å². The van der Waals surface area contributed by atoms with E-state index in [0.717, 1.165) is 29.0 Å². The summed E-state index contributed by atoms with van der Waals surface area (Å²) in [7, 11) is 1.92. The molecule has 0 saturated heterocycles. The van der Waals surface area contributed by atoms with Crippen LogP contribution in [-0.2, 0) is 13.5 Å². The Labute approximate surface area is 126 Å². The average Bonchev–Trinajstić information content (AvgIpc) is 2.82. The minimum absolute atomic E-state index is 0.115. The second kappa shape index (κ2) is 6.74. The van der Waals surface area contributed by atoms with Crippen LogP contribution < -0.4 is 16.0 Å². The van der Waals surface area contributed by atoms with E-state index in [4.69, 9.17) is 10.6 Å². The molecule has 1 heterocycles. The van der Waals surface area contributed by atoms with E-state index in [0.29, 0.717) is 0 Å². The van der Waals surface area contributed by atoms with Crippen molar-refractivity contribution in [2.75, 3.05) is 0 Å². The molecule has 5 nitrogen and oxygen atoms in total. The summed E-state index contributed by atoms with van der Waals surface area (Å²) in [6.45, 7) is 6.13. The standard InChI is InChI=1S/C16H24N4O/c1-5-14-13(10-20(4)19-14)16(18-17)12-8-6-7-9-15(12)21-11(2)3/h6-11,16,18H,5,17H2,1-4H3. The number of nitrogens with one attached hydrogen (secondary N) is 1. The fourth-order valence-corrected chi connectivity index (χ4v) is 2.50. The Morgan fingerprint density at radius 1 is 1.29 bits per heavy atom. The van der Waals surface area contributed by atoms with Crippen LogP contribution in [0.3, 0.4) is 0 Å². The molecule has 0 bridgehead atoms. The number of aromatic nitrogens is 2. The van der Waals surface area contributed by atoms with Gasteiger partial charge in [-0.25, -0.2) is 5.43 Å². The molecule has 0 aliphatic heterocycles. The highest BCUT2D eigenvalue weighted by Crippen LogP contribution is 2.31. The van der Waals surface area contributed by atoms with Gasteiger partial charge in [-0.3, -0.25) is 10.5 Å². The summed E-state index contributed by atoms with van der Waals surface area (Å²) in [6, 6.07) is 7.84. The van der Waals surface area contributed by atoms with Crippen molar-refractivity contribution in [3.63, 3.8) is 0 Å². The molecular formula is C16H24N4O. The lowest BCUT2D eigenvalue weighted by Gasteiger charge is -2.21. The van der Waals surface area contributed by atoms with Gasteiger partial charge in [-0.05, 0) is 26.3 Å². The highest BCUT2D eigenvalue weighted by molar-refractivity contribution is 5.42. The fourth-order valence-electron chi connectivity index (χ4n) is 2.50. The minimum atomic E-state index is -0.136. The summed E-state index contributed by atoms with van der Waals surface area (Å²) >= 11 is 0. The zero-order valence-corrected chi connectivity index (χ0v) is 13.1. The summed E-state index contributed by atoms with van der Waals surface area (Å²) in [4.78, 5) is 0. The zero-order chi connectivity index (χ0) is 15.4. The van der Waals surface area contributed by atoms with Crippen LogP contribution >= 0.6 is 0 Å². The van der Waals surface area contributed by atoms with E-state index in [2.05, 4.69) is 17.4 Å². The number of nitrogens with two attached hydrogens (primary N) is 1. The van der Waals surface area contributed by atoms with Crippen molar-refractivity contribution in [3.05, 3.63) is 47.3 Å². The Bertz CT molecular complexity index is 592. The van der Waals surface area contributed by atoms with Crippen molar-refractivity contribution in [2.24, 2.45) is 12.9 Å². The quantitative estimate of drug-likeness (QED) is 0.632. The van der Waals surface area contributed by atoms with Crippen molar-refractivity contribution in [3.8, 4) is 5.75 Å². The Kier molecular flexibility index (Phi) is 4.98. The van der Waals surface area contributed by atoms with Crippen LogP contribution in [0.2, 0.25) is 0 Å². The number of hydrogen-bond acceptors (Lipinski definition) is 4. The van der Waals surface area contributed by atoms with Crippen LogP contribution in [-0.4, -0.2) is 15.9 Å². The van der Waals surface area contributed by atoms with E-state index in [9.17, 15) is 0 Å². The third-order valence-corrected chi connectivity index (χ3v) is 3.34. The predicted molar refractivity (Wildman–Crippen MR) is 84.0 cm³/mol. The number of hydrogen-bond donors (Lipinski definition) is 2. The molecule has 5 heteroatoms. The van der Waals surface area contributed by atoms with E-state index in [1.54, 1.807) is 0 Å². The smallest absolute Gasteiger partial charge is 0.124 e. The molecule has 1 aromatic carbocycles. The Morgan fingerprint density at radius 2 is 2.00 bits per heavy atom. The third-order valence-electron chi connectivity index (χ3n) is 3.34. The SMILES string of the molecule is CCc1nn(C)cc1C(NN)c1ccccc1OC(C)C. The summed E-state index contributed by atoms with van der Waals surface area (Å²) in [6.07, 6.45) is 2.99. The van der Waals surface area contributed by atoms with Crippen LogP contribution in [0.1, 0.15) is 43.6 Å². The first kappa shape index (κ1) is 15.5. The second-order valence-electron chi connectivity index (χ2n) is 5.36. The van der Waals surface area contributed by atoms with Crippen molar-refractivity contribution in [1.82, 2.24) is 15.2 Å². The van der Waals surface area contributed by atoms with Crippen molar-refractivity contribution in [2.45, 2.75) is 39.3 Å². The van der Waals surface area contributed by atoms with Crippen LogP contribution in [0.25, 0.3) is 0 Å². The van der Waals surface area contributed by atoms with Crippen molar-refractivity contribution >= 4 is 0 Å². The lowest BCUT2D eigenvalue weighted by molar-refractivity contribution is 0.238. The number of ether oxygens (including phenoxy) is 1. The fraction of sp³-hybridized carbons (Fsp3) is 0.438. The number of hydrazine groups is 1. The predicted octanol–water partition coefficient (Wildman–Crippen LogP) is 2.32. The first-order chi connectivity index (χ1) is 10.1. The van der Waals surface area contributed by atoms with Crippen LogP contribution in [0, 0.1) is 0 Å². The third kappa shape index (κ3) is 3.43. The molecule has 0 radical (unpaired) electrons. The van der Waals surface area contributed by atoms with Gasteiger partial charge in [0.25, 0.3) is 0 Å². The molecule has 3 N–H and O–H groups in total. The Hall–Kier alpha value is -1.85. The van der Waals surface area contributed by atoms with Crippen LogP contribution in [0.15, 0.2) is 30.5 Å². The topological polar surface area (TPSA) is 65.1 Å². The molecule has 1 aromatic heterocycles. The largest absolute Gasteiger partial charge is 0.491 e. The number of rotatable bonds is 6. The molecule has 0 spiro atoms. The van der Waals surface area contributed by atoms with Gasteiger partial charge in [-0.1, -0.05) is 25.1 Å². The number of aryl methyl sites for hydroxylation is 2. The van der Waals surface area contributed by atoms with Gasteiger partial charge >= 0.3 is 0 Å². The van der Waals surface area contributed by atoms with Gasteiger partial charge in [0.2, 0.25) is 0 Å². The highest BCUT2D eigenvalue weighted by atomic mass is 16.5. The molecular weight excluding hydrogens is 264 g/mol. The lowest BCUT2D eigenvalue weighted by Crippen LogP contribution is -2.30. The van der Waals surface area contributed by atoms with Crippen LogP contribution in [0.5, 0.6) is 5.75 Å². The maximum Gasteiger partial charge on any atom is 0.124 e. The number of nitrogens with zero attached hydrogens (tertiary/aromatic N) is 2. The molecule has 1 unspecified atom stereocenters. The molecule has 21 heavy (non-hydrogen) atoms. The second-order valence-corrected chi connectivity index (χ2v) is 5.36. The van der Waals surface area contributed by atoms with Gasteiger partial charge in [-0.2, -0.15) is 5.10 Å². The van der Waals surface area contributed by atoms with E-state index < -0.39 is 0 Å². The number of para-hydroxylation sites is 1. The molecule has 2 aromatic rings. The molecule has 0 aliphatic carbocycles. The van der Waals surface area contributed by atoms with Crippen molar-refractivity contribution < 1.29 is 4.74 Å². The Balaban J connectivity index is 2.46. The van der Waals surface area contributed by atoms with Gasteiger partial charge in [-0.15, -0.1) is 0 Å². The summed E-state index contributed by atoms with van der Waals surface area (Å²) in [5.41, 5.74) is 6.05. The molecule has 0 fully saturated rings. The zero-order valence-electron chi connectivity index (χ0n) is 13.1. The van der Waals surface area contributed by atoms with E-state index in [1.807, 2.05) is 56.0 Å². The summed E-state index contributed by atoms with van der Waals surface area (Å²) in [5, 5.41) is 4.49. The molecule has 0 amide bonds. The van der Waals surface area contributed by atoms with Crippen molar-refractivity contribution in [1.29, 1.82) is 0 Å². The molecule has 114 valence electrons. The maximum absolute atomic E-state index is 5.91. The average molecular weight is 288 g/mol. The lowest BCUT2D eigenvalue weighted by atomic mass is 9.98. The van der Waals surface area contributed by atoms with Gasteiger partial charge < -0.3 is 4.74 Å². The molecule has 0 aliphatic rings. The van der Waals surface area contributed by atoms with E-state index in [-0.39, 0.29) is 12.1 Å². The summed E-state index contributed by atoms with van der Waals surface area (Å²) in [5.74, 6) is 6.68. The van der Waals surface area contributed by atoms with Gasteiger partial charge in [0.05, 0.1) is 17.8 Å². The van der Waals surface area contributed by atoms with Crippen LogP contribution in [0.4, 0.5) is 0 Å². The molecule has 2 rings (SSSR count). The first-order valence-corrected chi connectivity index (χ1v) is 7.30. The maximum atomic E-state index is 5.91. The van der Waals surface area contributed by atoms with Gasteiger partial charge in [0.1, 0.15) is 5.75 Å². The first-order valence-electron chi connectivity index (χ1n) is 7.30. The molecule has 1 atom stereocenters. The minimum Gasteiger partial charge on any atom is -0.491 e. The van der Waals surface area contributed by atoms with E-state index in [1.165, 1.54) is 0 Å². The van der Waals surface area contributed by atoms with Gasteiger partial charge in [0, 0.05) is 24.4 Å². The summed E-state index contributed by atoms with van der Waals surface area (Å²) < 4.78 is 7.73. The Morgan fingerprint density at radius 3 is 2.62 bits per heavy atom. The normalized spacial score (nSPS) is 12.7. The molecule has 0 saturated carbocycles. The highest BCUT2D eigenvalue weighted by Gasteiger charge is 2.22. The number of benzene rings is 1. The monoisotopic (exact) mass is 288 g/mol. The van der Waals surface area contributed by atoms with Gasteiger partial charge in [0.15, 0.2) is 0 Å².